The van der Waals surface area contributed by atoms with Crippen molar-refractivity contribution in [1.82, 2.24) is 0 Å². The minimum absolute atomic E-state index is 0.0638. The highest BCUT2D eigenvalue weighted by Crippen LogP contribution is 2.24. The van der Waals surface area contributed by atoms with Crippen molar-refractivity contribution in [3.05, 3.63) is 75.6 Å². The molecule has 108 valence electrons. The summed E-state index contributed by atoms with van der Waals surface area (Å²) in [6, 6.07) is 12.0. The van der Waals surface area contributed by atoms with Gasteiger partial charge in [0.05, 0.1) is 10.8 Å². The maximum atomic E-state index is 13.6. The summed E-state index contributed by atoms with van der Waals surface area (Å²) in [5, 5.41) is 19.9. The first-order chi connectivity index (χ1) is 9.99. The first-order valence-corrected chi connectivity index (χ1v) is 6.19. The first kappa shape index (κ1) is 14.6. The third kappa shape index (κ3) is 3.42. The van der Waals surface area contributed by atoms with Crippen molar-refractivity contribution in [2.45, 2.75) is 12.3 Å². The predicted molar refractivity (Wildman–Crippen MR) is 73.6 cm³/mol. The van der Waals surface area contributed by atoms with E-state index in [4.69, 9.17) is 0 Å². The average Bonchev–Trinajstić information content (AvgIpc) is 2.45. The van der Waals surface area contributed by atoms with E-state index in [1.807, 2.05) is 0 Å². The van der Waals surface area contributed by atoms with Crippen LogP contribution in [-0.4, -0.2) is 16.0 Å². The number of hydrogen-bond acceptors (Lipinski definition) is 3. The molecule has 0 amide bonds. The van der Waals surface area contributed by atoms with Gasteiger partial charge in [-0.15, -0.1) is 0 Å². The molecule has 0 bridgehead atoms. The Morgan fingerprint density at radius 2 is 1.90 bits per heavy atom. The molecular weight excluding hydrogens is 277 g/mol. The number of rotatable bonds is 5. The molecule has 5 nitrogen and oxygen atoms in total. The summed E-state index contributed by atoms with van der Waals surface area (Å²) < 4.78 is 13.6. The molecule has 1 N–H and O–H groups in total. The topological polar surface area (TPSA) is 80.4 Å². The zero-order chi connectivity index (χ0) is 15.4. The Morgan fingerprint density at radius 3 is 2.43 bits per heavy atom. The van der Waals surface area contributed by atoms with Crippen LogP contribution < -0.4 is 0 Å². The van der Waals surface area contributed by atoms with Gasteiger partial charge < -0.3 is 5.11 Å². The van der Waals surface area contributed by atoms with Gasteiger partial charge in [-0.2, -0.15) is 4.39 Å². The summed E-state index contributed by atoms with van der Waals surface area (Å²) in [5.74, 6) is -2.82. The fourth-order valence-corrected chi connectivity index (χ4v) is 2.09. The summed E-state index contributed by atoms with van der Waals surface area (Å²) in [6.45, 7) is 0. The Bertz CT molecular complexity index is 673. The first-order valence-electron chi connectivity index (χ1n) is 6.19. The van der Waals surface area contributed by atoms with Crippen LogP contribution in [0.3, 0.4) is 0 Å². The standard InChI is InChI=1S/C15H12FNO4/c16-13-9-10(6-7-14(13)17(20)21)8-12(15(18)19)11-4-2-1-3-5-11/h1-7,9,12H,8H2,(H,18,19). The van der Waals surface area contributed by atoms with E-state index >= 15 is 0 Å². The molecule has 0 aliphatic rings. The average molecular weight is 289 g/mol. The number of aliphatic carboxylic acids is 1. The van der Waals surface area contributed by atoms with E-state index in [2.05, 4.69) is 0 Å². The second-order valence-corrected chi connectivity index (χ2v) is 4.55. The number of benzene rings is 2. The normalized spacial score (nSPS) is 11.9. The van der Waals surface area contributed by atoms with Gasteiger partial charge in [-0.1, -0.05) is 36.4 Å². The van der Waals surface area contributed by atoms with Crippen molar-refractivity contribution < 1.29 is 19.2 Å². The monoisotopic (exact) mass is 289 g/mol. The number of carboxylic acids is 1. The number of halogens is 1. The van der Waals surface area contributed by atoms with Gasteiger partial charge in [-0.3, -0.25) is 14.9 Å². The smallest absolute Gasteiger partial charge is 0.311 e. The predicted octanol–water partition coefficient (Wildman–Crippen LogP) is 3.14. The van der Waals surface area contributed by atoms with E-state index in [1.54, 1.807) is 30.3 Å². The third-order valence-corrected chi connectivity index (χ3v) is 3.15. The molecule has 21 heavy (non-hydrogen) atoms. The molecule has 0 fully saturated rings. The summed E-state index contributed by atoms with van der Waals surface area (Å²) >= 11 is 0. The molecule has 0 aliphatic carbocycles. The van der Waals surface area contributed by atoms with Crippen LogP contribution in [0.5, 0.6) is 0 Å². The fourth-order valence-electron chi connectivity index (χ4n) is 2.09. The zero-order valence-corrected chi connectivity index (χ0v) is 10.9. The van der Waals surface area contributed by atoms with Gasteiger partial charge in [-0.25, -0.2) is 0 Å². The molecule has 2 aromatic rings. The Morgan fingerprint density at radius 1 is 1.24 bits per heavy atom. The molecule has 0 saturated heterocycles. The summed E-state index contributed by atoms with van der Waals surface area (Å²) in [6.07, 6.45) is 0.0638. The maximum absolute atomic E-state index is 13.6. The Balaban J connectivity index is 2.28. The lowest BCUT2D eigenvalue weighted by molar-refractivity contribution is -0.387. The molecule has 1 atom stereocenters. The molecule has 0 radical (unpaired) electrons. The molecule has 0 aromatic heterocycles. The van der Waals surface area contributed by atoms with Gasteiger partial charge in [0.1, 0.15) is 0 Å². The van der Waals surface area contributed by atoms with Crippen molar-refractivity contribution in [3.8, 4) is 0 Å². The van der Waals surface area contributed by atoms with E-state index in [-0.39, 0.29) is 6.42 Å². The van der Waals surface area contributed by atoms with Crippen LogP contribution in [-0.2, 0) is 11.2 Å². The van der Waals surface area contributed by atoms with Crippen molar-refractivity contribution in [3.63, 3.8) is 0 Å². The van der Waals surface area contributed by atoms with Crippen molar-refractivity contribution in [2.75, 3.05) is 0 Å². The number of hydrogen-bond donors (Lipinski definition) is 1. The van der Waals surface area contributed by atoms with E-state index in [0.717, 1.165) is 12.1 Å². The largest absolute Gasteiger partial charge is 0.481 e. The lowest BCUT2D eigenvalue weighted by Crippen LogP contribution is -2.14. The summed E-state index contributed by atoms with van der Waals surface area (Å²) in [4.78, 5) is 21.1. The van der Waals surface area contributed by atoms with Crippen LogP contribution in [0.4, 0.5) is 10.1 Å². The van der Waals surface area contributed by atoms with Crippen LogP contribution in [0.15, 0.2) is 48.5 Å². The third-order valence-electron chi connectivity index (χ3n) is 3.15. The Labute approximate surface area is 119 Å². The lowest BCUT2D eigenvalue weighted by atomic mass is 9.92. The van der Waals surface area contributed by atoms with Gasteiger partial charge in [0.15, 0.2) is 0 Å². The maximum Gasteiger partial charge on any atom is 0.311 e. The summed E-state index contributed by atoms with van der Waals surface area (Å²) in [7, 11) is 0. The highest BCUT2D eigenvalue weighted by Gasteiger charge is 2.22. The highest BCUT2D eigenvalue weighted by atomic mass is 19.1. The molecule has 0 heterocycles. The van der Waals surface area contributed by atoms with Gasteiger partial charge in [0.2, 0.25) is 5.82 Å². The van der Waals surface area contributed by atoms with Crippen LogP contribution in [0, 0.1) is 15.9 Å². The van der Waals surface area contributed by atoms with Crippen LogP contribution in [0.1, 0.15) is 17.0 Å². The molecule has 0 aliphatic heterocycles. The van der Waals surface area contributed by atoms with E-state index in [0.29, 0.717) is 11.1 Å². The number of carbonyl (C=O) groups is 1. The molecule has 6 heteroatoms. The number of carboxylic acid groups (broad SMARTS) is 1. The zero-order valence-electron chi connectivity index (χ0n) is 10.9. The number of nitro benzene ring substituents is 1. The minimum Gasteiger partial charge on any atom is -0.481 e. The summed E-state index contributed by atoms with van der Waals surface area (Å²) in [5.41, 5.74) is 0.378. The quantitative estimate of drug-likeness (QED) is 0.677. The van der Waals surface area contributed by atoms with Gasteiger partial charge >= 0.3 is 11.7 Å². The van der Waals surface area contributed by atoms with Crippen LogP contribution in [0.2, 0.25) is 0 Å². The van der Waals surface area contributed by atoms with E-state index in [9.17, 15) is 24.4 Å². The van der Waals surface area contributed by atoms with E-state index in [1.165, 1.54) is 6.07 Å². The number of nitro groups is 1. The van der Waals surface area contributed by atoms with Crippen molar-refractivity contribution in [2.24, 2.45) is 0 Å². The van der Waals surface area contributed by atoms with Crippen molar-refractivity contribution in [1.29, 1.82) is 0 Å². The Hall–Kier alpha value is -2.76. The molecule has 2 aromatic carbocycles. The van der Waals surface area contributed by atoms with Crippen molar-refractivity contribution >= 4 is 11.7 Å². The molecular formula is C15H12FNO4. The van der Waals surface area contributed by atoms with Crippen LogP contribution in [0.25, 0.3) is 0 Å². The Kier molecular flexibility index (Phi) is 4.27. The minimum atomic E-state index is -1.03. The van der Waals surface area contributed by atoms with Gasteiger partial charge in [0.25, 0.3) is 0 Å². The van der Waals surface area contributed by atoms with Crippen LogP contribution >= 0.6 is 0 Å². The lowest BCUT2D eigenvalue weighted by Gasteiger charge is -2.12. The van der Waals surface area contributed by atoms with E-state index < -0.39 is 28.3 Å². The molecule has 1 unspecified atom stereocenters. The second kappa shape index (κ2) is 6.13. The molecule has 2 rings (SSSR count). The van der Waals surface area contributed by atoms with Gasteiger partial charge in [0, 0.05) is 6.07 Å². The highest BCUT2D eigenvalue weighted by molar-refractivity contribution is 5.76. The fraction of sp³-hybridized carbons (Fsp3) is 0.133. The molecule has 0 saturated carbocycles. The SMILES string of the molecule is O=C(O)C(Cc1ccc([N+](=O)[O-])c(F)c1)c1ccccc1. The van der Waals surface area contributed by atoms with Gasteiger partial charge in [-0.05, 0) is 23.6 Å². The second-order valence-electron chi connectivity index (χ2n) is 4.55. The molecule has 0 spiro atoms. The number of nitrogens with zero attached hydrogens (tertiary/aromatic N) is 1.